The number of furan rings is 1. The SMILES string of the molecule is COc1ccc(C2=C/C(=C\c3ccc([N+](=O)[O-])o3)C(=O)O2)cc1. The summed E-state index contributed by atoms with van der Waals surface area (Å²) in [7, 11) is 1.56. The molecule has 0 atom stereocenters. The lowest BCUT2D eigenvalue weighted by Gasteiger charge is -2.03. The number of rotatable bonds is 4. The largest absolute Gasteiger partial charge is 0.497 e. The number of nitro groups is 1. The number of hydrogen-bond donors (Lipinski definition) is 0. The quantitative estimate of drug-likeness (QED) is 0.372. The molecule has 1 aliphatic heterocycles. The number of hydrogen-bond acceptors (Lipinski definition) is 6. The summed E-state index contributed by atoms with van der Waals surface area (Å²) in [6.45, 7) is 0. The van der Waals surface area contributed by atoms with Crippen LogP contribution in [0.2, 0.25) is 0 Å². The molecular formula is C16H11NO6. The van der Waals surface area contributed by atoms with Gasteiger partial charge in [-0.25, -0.2) is 4.79 Å². The second-order valence-corrected chi connectivity index (χ2v) is 4.66. The third-order valence-electron chi connectivity index (χ3n) is 3.19. The van der Waals surface area contributed by atoms with Crippen LogP contribution in [0.15, 0.2) is 52.5 Å². The molecule has 0 saturated heterocycles. The Labute approximate surface area is 130 Å². The average Bonchev–Trinajstić information content (AvgIpc) is 3.15. The van der Waals surface area contributed by atoms with E-state index in [1.54, 1.807) is 37.5 Å². The maximum absolute atomic E-state index is 11.9. The Morgan fingerprint density at radius 2 is 1.91 bits per heavy atom. The van der Waals surface area contributed by atoms with Crippen molar-refractivity contribution in [2.45, 2.75) is 0 Å². The third-order valence-corrected chi connectivity index (χ3v) is 3.19. The minimum absolute atomic E-state index is 0.205. The van der Waals surface area contributed by atoms with Crippen molar-refractivity contribution in [1.29, 1.82) is 0 Å². The van der Waals surface area contributed by atoms with Crippen molar-refractivity contribution in [1.82, 2.24) is 0 Å². The lowest BCUT2D eigenvalue weighted by molar-refractivity contribution is -0.402. The summed E-state index contributed by atoms with van der Waals surface area (Å²) in [6.07, 6.45) is 2.95. The summed E-state index contributed by atoms with van der Waals surface area (Å²) in [5.41, 5.74) is 0.966. The number of esters is 1. The summed E-state index contributed by atoms with van der Waals surface area (Å²) in [4.78, 5) is 21.8. The van der Waals surface area contributed by atoms with E-state index in [4.69, 9.17) is 13.9 Å². The van der Waals surface area contributed by atoms with E-state index < -0.39 is 10.9 Å². The fourth-order valence-corrected chi connectivity index (χ4v) is 2.06. The normalized spacial score (nSPS) is 15.4. The van der Waals surface area contributed by atoms with Gasteiger partial charge in [0.15, 0.2) is 0 Å². The van der Waals surface area contributed by atoms with Crippen molar-refractivity contribution in [2.24, 2.45) is 0 Å². The highest BCUT2D eigenvalue weighted by Crippen LogP contribution is 2.29. The van der Waals surface area contributed by atoms with Gasteiger partial charge >= 0.3 is 11.9 Å². The molecule has 0 spiro atoms. The van der Waals surface area contributed by atoms with Crippen LogP contribution in [0.1, 0.15) is 11.3 Å². The van der Waals surface area contributed by atoms with Crippen LogP contribution < -0.4 is 4.74 Å². The Bertz CT molecular complexity index is 829. The molecule has 7 nitrogen and oxygen atoms in total. The molecule has 0 amide bonds. The predicted octanol–water partition coefficient (Wildman–Crippen LogP) is 3.18. The molecule has 7 heteroatoms. The molecule has 3 rings (SSSR count). The Morgan fingerprint density at radius 3 is 2.52 bits per heavy atom. The monoisotopic (exact) mass is 313 g/mol. The van der Waals surface area contributed by atoms with Gasteiger partial charge in [-0.05, 0) is 42.5 Å². The fourth-order valence-electron chi connectivity index (χ4n) is 2.06. The van der Waals surface area contributed by atoms with Crippen molar-refractivity contribution in [3.8, 4) is 5.75 Å². The van der Waals surface area contributed by atoms with Crippen molar-refractivity contribution < 1.29 is 23.6 Å². The topological polar surface area (TPSA) is 91.8 Å². The number of cyclic esters (lactones) is 1. The number of nitrogens with zero attached hydrogens (tertiary/aromatic N) is 1. The second kappa shape index (κ2) is 5.80. The Hall–Kier alpha value is -3.35. The predicted molar refractivity (Wildman–Crippen MR) is 80.4 cm³/mol. The van der Waals surface area contributed by atoms with Gasteiger partial charge in [0.1, 0.15) is 22.2 Å². The Kier molecular flexibility index (Phi) is 3.68. The minimum Gasteiger partial charge on any atom is -0.497 e. The summed E-state index contributed by atoms with van der Waals surface area (Å²) < 4.78 is 15.3. The van der Waals surface area contributed by atoms with Crippen molar-refractivity contribution in [3.63, 3.8) is 0 Å². The van der Waals surface area contributed by atoms with Crippen molar-refractivity contribution in [2.75, 3.05) is 7.11 Å². The molecule has 0 unspecified atom stereocenters. The maximum Gasteiger partial charge on any atom is 0.433 e. The van der Waals surface area contributed by atoms with Gasteiger partial charge in [-0.3, -0.25) is 10.1 Å². The van der Waals surface area contributed by atoms with Gasteiger partial charge in [0.25, 0.3) is 0 Å². The van der Waals surface area contributed by atoms with Crippen LogP contribution in [-0.2, 0) is 9.53 Å². The Morgan fingerprint density at radius 1 is 1.17 bits per heavy atom. The smallest absolute Gasteiger partial charge is 0.433 e. The van der Waals surface area contributed by atoms with E-state index in [9.17, 15) is 14.9 Å². The second-order valence-electron chi connectivity index (χ2n) is 4.66. The van der Waals surface area contributed by atoms with Crippen molar-refractivity contribution in [3.05, 3.63) is 69.5 Å². The molecule has 1 aromatic heterocycles. The summed E-state index contributed by atoms with van der Waals surface area (Å²) >= 11 is 0. The van der Waals surface area contributed by atoms with E-state index >= 15 is 0 Å². The van der Waals surface area contributed by atoms with Crippen LogP contribution in [0.25, 0.3) is 11.8 Å². The number of carbonyl (C=O) groups excluding carboxylic acids is 1. The van der Waals surface area contributed by atoms with Gasteiger partial charge < -0.3 is 13.9 Å². The molecule has 0 radical (unpaired) electrons. The molecule has 2 aromatic rings. The zero-order chi connectivity index (χ0) is 16.4. The molecule has 1 aromatic carbocycles. The number of ether oxygens (including phenoxy) is 2. The maximum atomic E-state index is 11.9. The average molecular weight is 313 g/mol. The van der Waals surface area contributed by atoms with Crippen LogP contribution in [0.3, 0.4) is 0 Å². The molecule has 2 heterocycles. The van der Waals surface area contributed by atoms with Crippen LogP contribution in [-0.4, -0.2) is 18.0 Å². The van der Waals surface area contributed by atoms with Gasteiger partial charge in [0, 0.05) is 5.56 Å². The standard InChI is InChI=1S/C16H11NO6/c1-21-12-4-2-10(3-5-12)14-9-11(16(18)23-14)8-13-6-7-15(22-13)17(19)20/h2-9H,1H3/b11-8+. The molecule has 0 aliphatic carbocycles. The molecule has 1 aliphatic rings. The highest BCUT2D eigenvalue weighted by molar-refractivity contribution is 6.04. The van der Waals surface area contributed by atoms with E-state index in [0.29, 0.717) is 17.1 Å². The first-order valence-electron chi connectivity index (χ1n) is 6.61. The van der Waals surface area contributed by atoms with Gasteiger partial charge in [-0.15, -0.1) is 0 Å². The summed E-state index contributed by atoms with van der Waals surface area (Å²) in [5.74, 6) is 0.357. The van der Waals surface area contributed by atoms with Crippen molar-refractivity contribution >= 4 is 23.7 Å². The highest BCUT2D eigenvalue weighted by Gasteiger charge is 2.23. The van der Waals surface area contributed by atoms with Crippen LogP contribution in [0, 0.1) is 10.1 Å². The lowest BCUT2D eigenvalue weighted by Crippen LogP contribution is -1.97. The minimum atomic E-state index is -0.645. The number of methoxy groups -OCH3 is 1. The molecule has 0 bridgehead atoms. The van der Waals surface area contributed by atoms with E-state index in [1.165, 1.54) is 18.2 Å². The molecule has 0 N–H and O–H groups in total. The zero-order valence-electron chi connectivity index (χ0n) is 12.0. The first-order valence-corrected chi connectivity index (χ1v) is 6.61. The first kappa shape index (κ1) is 14.6. The van der Waals surface area contributed by atoms with Crippen LogP contribution in [0.4, 0.5) is 5.88 Å². The first-order chi connectivity index (χ1) is 11.1. The van der Waals surface area contributed by atoms with E-state index in [-0.39, 0.29) is 17.2 Å². The van der Waals surface area contributed by atoms with Gasteiger partial charge in [0.05, 0.1) is 18.7 Å². The summed E-state index contributed by atoms with van der Waals surface area (Å²) in [6, 6.07) is 9.67. The Balaban J connectivity index is 1.87. The van der Waals surface area contributed by atoms with Gasteiger partial charge in [-0.2, -0.15) is 0 Å². The lowest BCUT2D eigenvalue weighted by atomic mass is 10.1. The van der Waals surface area contributed by atoms with Crippen LogP contribution >= 0.6 is 0 Å². The summed E-state index contributed by atoms with van der Waals surface area (Å²) in [5, 5.41) is 10.6. The molecular weight excluding hydrogens is 302 g/mol. The molecule has 0 saturated carbocycles. The molecule has 0 fully saturated rings. The van der Waals surface area contributed by atoms with E-state index in [0.717, 1.165) is 0 Å². The number of carbonyl (C=O) groups is 1. The van der Waals surface area contributed by atoms with E-state index in [2.05, 4.69) is 0 Å². The highest BCUT2D eigenvalue weighted by atomic mass is 16.6. The number of benzene rings is 1. The van der Waals surface area contributed by atoms with E-state index in [1.807, 2.05) is 0 Å². The van der Waals surface area contributed by atoms with Gasteiger partial charge in [-0.1, -0.05) is 0 Å². The zero-order valence-corrected chi connectivity index (χ0v) is 12.0. The molecule has 116 valence electrons. The van der Waals surface area contributed by atoms with Gasteiger partial charge in [0.2, 0.25) is 0 Å². The molecule has 23 heavy (non-hydrogen) atoms. The third kappa shape index (κ3) is 2.98. The van der Waals surface area contributed by atoms with Crippen LogP contribution in [0.5, 0.6) is 5.75 Å². The fraction of sp³-hybridized carbons (Fsp3) is 0.0625.